The highest BCUT2D eigenvalue weighted by atomic mass is 35.5. The van der Waals surface area contributed by atoms with Gasteiger partial charge in [0, 0.05) is 31.4 Å². The first-order valence-corrected chi connectivity index (χ1v) is 10.3. The van der Waals surface area contributed by atoms with Crippen LogP contribution in [0.1, 0.15) is 29.7 Å². The number of hydrogen-bond donors (Lipinski definition) is 1. The number of carbonyl (C=O) groups is 2. The van der Waals surface area contributed by atoms with Crippen LogP contribution in [0.5, 0.6) is 0 Å². The van der Waals surface area contributed by atoms with E-state index >= 15 is 0 Å². The predicted octanol–water partition coefficient (Wildman–Crippen LogP) is 4.27. The number of rotatable bonds is 4. The molecule has 2 heterocycles. The van der Waals surface area contributed by atoms with Gasteiger partial charge in [-0.25, -0.2) is 4.98 Å². The van der Waals surface area contributed by atoms with Gasteiger partial charge in [0.15, 0.2) is 0 Å². The first-order valence-electron chi connectivity index (χ1n) is 10.3. The molecule has 0 radical (unpaired) electrons. The molecule has 0 fully saturated rings. The lowest BCUT2D eigenvalue weighted by Crippen LogP contribution is -2.28. The topological polar surface area (TPSA) is 65.5 Å². The molecule has 6 nitrogen and oxygen atoms in total. The third-order valence-corrected chi connectivity index (χ3v) is 5.72. The number of likely N-dealkylation sites (N-methyl/N-ethyl adjacent to an activating group) is 2. The zero-order chi connectivity index (χ0) is 22.0. The normalized spacial score (nSPS) is 14.9. The van der Waals surface area contributed by atoms with Gasteiger partial charge in [-0.1, -0.05) is 42.5 Å². The van der Waals surface area contributed by atoms with Crippen LogP contribution >= 0.6 is 12.4 Å². The smallest absolute Gasteiger partial charge is 0.246 e. The Hall–Kier alpha value is -3.22. The Kier molecular flexibility index (Phi) is 7.28. The zero-order valence-electron chi connectivity index (χ0n) is 18.4. The molecule has 4 rings (SSSR count). The van der Waals surface area contributed by atoms with E-state index in [4.69, 9.17) is 0 Å². The highest BCUT2D eigenvalue weighted by Gasteiger charge is 2.19. The van der Waals surface area contributed by atoms with Crippen molar-refractivity contribution in [3.63, 3.8) is 0 Å². The maximum atomic E-state index is 12.9. The molecule has 0 saturated carbocycles. The minimum absolute atomic E-state index is 0. The van der Waals surface area contributed by atoms with E-state index in [9.17, 15) is 9.59 Å². The second-order valence-electron chi connectivity index (χ2n) is 8.02. The predicted molar refractivity (Wildman–Crippen MR) is 131 cm³/mol. The molecular formula is C25H27ClN4O2. The molecule has 7 heteroatoms. The van der Waals surface area contributed by atoms with E-state index in [-0.39, 0.29) is 30.3 Å². The molecule has 1 aliphatic rings. The molecule has 166 valence electrons. The van der Waals surface area contributed by atoms with Gasteiger partial charge in [0.2, 0.25) is 11.8 Å². The van der Waals surface area contributed by atoms with Gasteiger partial charge in [-0.3, -0.25) is 14.5 Å². The molecule has 0 aliphatic carbocycles. The molecule has 1 aliphatic heterocycles. The number of nitrogens with one attached hydrogen (secondary N) is 1. The summed E-state index contributed by atoms with van der Waals surface area (Å²) in [4.78, 5) is 32.7. The fourth-order valence-corrected chi connectivity index (χ4v) is 3.92. The van der Waals surface area contributed by atoms with Crippen molar-refractivity contribution >= 4 is 46.9 Å². The lowest BCUT2D eigenvalue weighted by molar-refractivity contribution is -0.126. The van der Waals surface area contributed by atoms with Crippen molar-refractivity contribution < 1.29 is 9.59 Å². The Morgan fingerprint density at radius 1 is 1.19 bits per heavy atom. The SMILES string of the molecule is C[C@@H](c1cccc2ccccc12)N(C)C(=O)C=Cc1cnc2c(c1)CN(C)CC(=O)N2.Cl. The van der Waals surface area contributed by atoms with Gasteiger partial charge in [0.1, 0.15) is 5.82 Å². The van der Waals surface area contributed by atoms with Crippen LogP contribution in [0.15, 0.2) is 60.8 Å². The number of nitrogens with zero attached hydrogens (tertiary/aromatic N) is 3. The monoisotopic (exact) mass is 450 g/mol. The third-order valence-electron chi connectivity index (χ3n) is 5.72. The molecule has 3 aromatic rings. The largest absolute Gasteiger partial charge is 0.335 e. The van der Waals surface area contributed by atoms with E-state index in [1.54, 1.807) is 23.2 Å². The summed E-state index contributed by atoms with van der Waals surface area (Å²) in [5.41, 5.74) is 2.87. The Balaban J connectivity index is 0.00000289. The number of fused-ring (bicyclic) bond motifs is 2. The van der Waals surface area contributed by atoms with Crippen LogP contribution in [-0.4, -0.2) is 47.2 Å². The Bertz CT molecular complexity index is 1170. The van der Waals surface area contributed by atoms with Crippen molar-refractivity contribution in [2.75, 3.05) is 26.0 Å². The van der Waals surface area contributed by atoms with Gasteiger partial charge in [-0.15, -0.1) is 12.4 Å². The minimum Gasteiger partial charge on any atom is -0.335 e. The summed E-state index contributed by atoms with van der Waals surface area (Å²) < 4.78 is 0. The van der Waals surface area contributed by atoms with Gasteiger partial charge >= 0.3 is 0 Å². The van der Waals surface area contributed by atoms with Crippen molar-refractivity contribution in [3.05, 3.63) is 77.5 Å². The first-order chi connectivity index (χ1) is 14.9. The first kappa shape index (κ1) is 23.4. The summed E-state index contributed by atoms with van der Waals surface area (Å²) in [6.07, 6.45) is 5.01. The maximum absolute atomic E-state index is 12.9. The van der Waals surface area contributed by atoms with Gasteiger partial charge in [0.25, 0.3) is 0 Å². The number of aromatic nitrogens is 1. The fourth-order valence-electron chi connectivity index (χ4n) is 3.92. The summed E-state index contributed by atoms with van der Waals surface area (Å²) in [7, 11) is 3.71. The van der Waals surface area contributed by atoms with Crippen LogP contribution in [0.2, 0.25) is 0 Å². The molecule has 32 heavy (non-hydrogen) atoms. The van der Waals surface area contributed by atoms with Crippen molar-refractivity contribution in [1.29, 1.82) is 0 Å². The lowest BCUT2D eigenvalue weighted by atomic mass is 9.99. The second-order valence-corrected chi connectivity index (χ2v) is 8.02. The summed E-state index contributed by atoms with van der Waals surface area (Å²) in [6.45, 7) is 2.99. The maximum Gasteiger partial charge on any atom is 0.246 e. The van der Waals surface area contributed by atoms with Crippen LogP contribution in [0.3, 0.4) is 0 Å². The number of amides is 2. The number of carbonyl (C=O) groups excluding carboxylic acids is 2. The lowest BCUT2D eigenvalue weighted by Gasteiger charge is -2.25. The number of hydrogen-bond acceptors (Lipinski definition) is 4. The molecule has 2 amide bonds. The van der Waals surface area contributed by atoms with Crippen molar-refractivity contribution in [1.82, 2.24) is 14.8 Å². The van der Waals surface area contributed by atoms with Gasteiger partial charge in [0.05, 0.1) is 12.6 Å². The number of halogens is 1. The summed E-state index contributed by atoms with van der Waals surface area (Å²) in [5, 5.41) is 5.14. The van der Waals surface area contributed by atoms with Gasteiger partial charge in [-0.05, 0) is 48.0 Å². The molecule has 0 spiro atoms. The number of pyridine rings is 1. The molecule has 1 N–H and O–H groups in total. The highest BCUT2D eigenvalue weighted by molar-refractivity contribution is 5.94. The molecule has 0 saturated heterocycles. The molecular weight excluding hydrogens is 424 g/mol. The summed E-state index contributed by atoms with van der Waals surface area (Å²) in [6, 6.07) is 16.3. The van der Waals surface area contributed by atoms with Gasteiger partial charge in [-0.2, -0.15) is 0 Å². The van der Waals surface area contributed by atoms with Crippen molar-refractivity contribution in [2.45, 2.75) is 19.5 Å². The van der Waals surface area contributed by atoms with E-state index in [2.05, 4.69) is 34.6 Å². The third kappa shape index (κ3) is 4.98. The summed E-state index contributed by atoms with van der Waals surface area (Å²) >= 11 is 0. The minimum atomic E-state index is -0.0826. The van der Waals surface area contributed by atoms with Crippen LogP contribution in [-0.2, 0) is 16.1 Å². The van der Waals surface area contributed by atoms with Crippen LogP contribution < -0.4 is 5.32 Å². The van der Waals surface area contributed by atoms with Crippen LogP contribution in [0, 0.1) is 0 Å². The average molecular weight is 451 g/mol. The van der Waals surface area contributed by atoms with E-state index < -0.39 is 0 Å². The molecule has 2 aromatic carbocycles. The number of benzene rings is 2. The summed E-state index contributed by atoms with van der Waals surface area (Å²) in [5.74, 6) is 0.427. The average Bonchev–Trinajstić information content (AvgIpc) is 2.91. The Morgan fingerprint density at radius 3 is 2.75 bits per heavy atom. The van der Waals surface area contributed by atoms with Gasteiger partial charge < -0.3 is 10.2 Å². The zero-order valence-corrected chi connectivity index (χ0v) is 19.2. The van der Waals surface area contributed by atoms with Crippen molar-refractivity contribution in [3.8, 4) is 0 Å². The molecule has 0 unspecified atom stereocenters. The van der Waals surface area contributed by atoms with Crippen LogP contribution in [0.25, 0.3) is 16.8 Å². The quantitative estimate of drug-likeness (QED) is 0.603. The Labute approximate surface area is 194 Å². The van der Waals surface area contributed by atoms with Crippen LogP contribution in [0.4, 0.5) is 5.82 Å². The Morgan fingerprint density at radius 2 is 1.94 bits per heavy atom. The molecule has 1 aromatic heterocycles. The number of anilines is 1. The second kappa shape index (κ2) is 9.94. The van der Waals surface area contributed by atoms with E-state index in [0.29, 0.717) is 18.9 Å². The fraction of sp³-hybridized carbons (Fsp3) is 0.240. The van der Waals surface area contributed by atoms with E-state index in [1.165, 1.54) is 0 Å². The standard InChI is InChI=1S/C25H26N4O2.ClH/c1-17(21-10-6-8-19-7-4-5-9-22(19)21)29(3)24(31)12-11-18-13-20-15-28(2)16-23(30)27-25(20)26-14-18;/h4-14,17H,15-16H2,1-3H3,(H,26,27,30);1H/t17-;/m0./s1. The molecule has 0 bridgehead atoms. The van der Waals surface area contributed by atoms with E-state index in [0.717, 1.165) is 27.5 Å². The highest BCUT2D eigenvalue weighted by Crippen LogP contribution is 2.27. The molecule has 1 atom stereocenters. The van der Waals surface area contributed by atoms with Crippen molar-refractivity contribution in [2.24, 2.45) is 0 Å². The van der Waals surface area contributed by atoms with E-state index in [1.807, 2.05) is 50.2 Å².